The second-order valence-corrected chi connectivity index (χ2v) is 6.75. The highest BCUT2D eigenvalue weighted by atomic mass is 19.4. The monoisotopic (exact) mass is 367 g/mol. The van der Waals surface area contributed by atoms with Gasteiger partial charge in [-0.1, -0.05) is 18.2 Å². The third-order valence-electron chi connectivity index (χ3n) is 4.64. The van der Waals surface area contributed by atoms with Gasteiger partial charge < -0.3 is 10.4 Å². The summed E-state index contributed by atoms with van der Waals surface area (Å²) in [5.74, 6) is -0.278. The van der Waals surface area contributed by atoms with Gasteiger partial charge in [0.05, 0.1) is 30.3 Å². The highest BCUT2D eigenvalue weighted by molar-refractivity contribution is 5.79. The van der Waals surface area contributed by atoms with Gasteiger partial charge in [-0.25, -0.2) is 0 Å². The van der Waals surface area contributed by atoms with E-state index in [1.54, 1.807) is 24.1 Å². The van der Waals surface area contributed by atoms with Crippen molar-refractivity contribution in [1.82, 2.24) is 15.1 Å². The topological polar surface area (TPSA) is 67.2 Å². The van der Waals surface area contributed by atoms with Crippen LogP contribution in [0, 0.1) is 5.92 Å². The van der Waals surface area contributed by atoms with E-state index in [1.165, 1.54) is 12.1 Å². The van der Waals surface area contributed by atoms with Crippen molar-refractivity contribution in [3.05, 3.63) is 53.3 Å². The average molecular weight is 367 g/mol. The zero-order chi connectivity index (χ0) is 18.9. The average Bonchev–Trinajstić information content (AvgIpc) is 2.96. The van der Waals surface area contributed by atoms with Gasteiger partial charge >= 0.3 is 6.18 Å². The van der Waals surface area contributed by atoms with E-state index in [0.717, 1.165) is 17.7 Å². The summed E-state index contributed by atoms with van der Waals surface area (Å²) in [6, 6.07) is 4.46. The van der Waals surface area contributed by atoms with Crippen molar-refractivity contribution in [2.45, 2.75) is 37.6 Å². The first-order valence-corrected chi connectivity index (χ1v) is 8.34. The number of nitrogens with zero attached hydrogens (tertiary/aromatic N) is 2. The van der Waals surface area contributed by atoms with Crippen LogP contribution < -0.4 is 5.32 Å². The number of halogens is 3. The van der Waals surface area contributed by atoms with Crippen LogP contribution in [0.2, 0.25) is 0 Å². The minimum absolute atomic E-state index is 0.0830. The molecule has 1 aliphatic rings. The standard InChI is InChI=1S/C18H20F3N3O2/c1-24-10-13(9-22-24)17(12-7-15(25)8-12)23-16(26)6-11-3-2-4-14(5-11)18(19,20)21/h2-5,9-10,12,15,17,25H,6-8H2,1H3,(H,23,26). The lowest BCUT2D eigenvalue weighted by atomic mass is 9.75. The Balaban J connectivity index is 1.70. The van der Waals surface area contributed by atoms with Crippen LogP contribution in [0.3, 0.4) is 0 Å². The lowest BCUT2D eigenvalue weighted by Crippen LogP contribution is -2.41. The third-order valence-corrected chi connectivity index (χ3v) is 4.64. The fourth-order valence-corrected chi connectivity index (χ4v) is 3.24. The Morgan fingerprint density at radius 1 is 1.42 bits per heavy atom. The molecule has 1 saturated carbocycles. The Kier molecular flexibility index (Phi) is 5.04. The molecule has 1 aromatic heterocycles. The van der Waals surface area contributed by atoms with E-state index in [2.05, 4.69) is 10.4 Å². The molecule has 140 valence electrons. The van der Waals surface area contributed by atoms with Gasteiger partial charge in [0.15, 0.2) is 0 Å². The zero-order valence-corrected chi connectivity index (χ0v) is 14.2. The molecule has 2 aromatic rings. The molecule has 1 aliphatic carbocycles. The number of carbonyl (C=O) groups excluding carboxylic acids is 1. The maximum absolute atomic E-state index is 12.8. The number of aryl methyl sites for hydroxylation is 1. The van der Waals surface area contributed by atoms with Gasteiger partial charge in [-0.2, -0.15) is 18.3 Å². The number of aliphatic hydroxyl groups is 1. The van der Waals surface area contributed by atoms with Gasteiger partial charge in [0, 0.05) is 18.8 Å². The number of carbonyl (C=O) groups is 1. The number of hydrogen-bond acceptors (Lipinski definition) is 3. The maximum Gasteiger partial charge on any atom is 0.416 e. The SMILES string of the molecule is Cn1cc(C(NC(=O)Cc2cccc(C(F)(F)F)c2)C2CC(O)C2)cn1. The molecule has 1 atom stereocenters. The quantitative estimate of drug-likeness (QED) is 0.854. The molecule has 0 radical (unpaired) electrons. The number of aromatic nitrogens is 2. The van der Waals surface area contributed by atoms with Crippen LogP contribution in [0.15, 0.2) is 36.7 Å². The molecule has 5 nitrogen and oxygen atoms in total. The van der Waals surface area contributed by atoms with E-state index in [1.807, 2.05) is 0 Å². The molecule has 26 heavy (non-hydrogen) atoms. The van der Waals surface area contributed by atoms with E-state index in [4.69, 9.17) is 0 Å². The summed E-state index contributed by atoms with van der Waals surface area (Å²) in [7, 11) is 1.76. The van der Waals surface area contributed by atoms with E-state index >= 15 is 0 Å². The van der Waals surface area contributed by atoms with Crippen molar-refractivity contribution in [3.63, 3.8) is 0 Å². The molecular formula is C18H20F3N3O2. The molecule has 1 fully saturated rings. The first-order chi connectivity index (χ1) is 12.2. The zero-order valence-electron chi connectivity index (χ0n) is 14.2. The second kappa shape index (κ2) is 7.11. The Morgan fingerprint density at radius 2 is 2.15 bits per heavy atom. The molecule has 1 amide bonds. The maximum atomic E-state index is 12.8. The van der Waals surface area contributed by atoms with Gasteiger partial charge in [0.25, 0.3) is 0 Å². The number of hydrogen-bond donors (Lipinski definition) is 2. The number of amides is 1. The van der Waals surface area contributed by atoms with Gasteiger partial charge in [0.1, 0.15) is 0 Å². The van der Waals surface area contributed by atoms with Gasteiger partial charge in [-0.05, 0) is 30.4 Å². The van der Waals surface area contributed by atoms with Crippen molar-refractivity contribution in [1.29, 1.82) is 0 Å². The normalized spacial score (nSPS) is 21.1. The molecule has 1 aromatic carbocycles. The minimum Gasteiger partial charge on any atom is -0.393 e. The summed E-state index contributed by atoms with van der Waals surface area (Å²) in [5, 5.41) is 16.6. The van der Waals surface area contributed by atoms with Crippen LogP contribution in [0.25, 0.3) is 0 Å². The number of aliphatic hydroxyl groups excluding tert-OH is 1. The highest BCUT2D eigenvalue weighted by Gasteiger charge is 2.36. The fraction of sp³-hybridized carbons (Fsp3) is 0.444. The Morgan fingerprint density at radius 3 is 2.73 bits per heavy atom. The van der Waals surface area contributed by atoms with Crippen molar-refractivity contribution < 1.29 is 23.1 Å². The molecule has 2 N–H and O–H groups in total. The molecule has 0 spiro atoms. The fourth-order valence-electron chi connectivity index (χ4n) is 3.24. The number of rotatable bonds is 5. The van der Waals surface area contributed by atoms with Crippen molar-refractivity contribution in [3.8, 4) is 0 Å². The molecule has 0 saturated heterocycles. The van der Waals surface area contributed by atoms with Crippen molar-refractivity contribution in [2.75, 3.05) is 0 Å². The summed E-state index contributed by atoms with van der Waals surface area (Å²) < 4.78 is 40.0. The summed E-state index contributed by atoms with van der Waals surface area (Å²) >= 11 is 0. The summed E-state index contributed by atoms with van der Waals surface area (Å²) in [4.78, 5) is 12.4. The van der Waals surface area contributed by atoms with Crippen LogP contribution >= 0.6 is 0 Å². The van der Waals surface area contributed by atoms with E-state index in [-0.39, 0.29) is 30.4 Å². The second-order valence-electron chi connectivity index (χ2n) is 6.75. The summed E-state index contributed by atoms with van der Waals surface area (Å²) in [5.41, 5.74) is 0.353. The van der Waals surface area contributed by atoms with E-state index in [9.17, 15) is 23.1 Å². The highest BCUT2D eigenvalue weighted by Crippen LogP contribution is 2.38. The Bertz CT molecular complexity index is 782. The Labute approximate surface area is 148 Å². The first kappa shape index (κ1) is 18.4. The van der Waals surface area contributed by atoms with Crippen LogP contribution in [0.1, 0.15) is 35.6 Å². The Hall–Kier alpha value is -2.35. The molecule has 0 bridgehead atoms. The summed E-state index contributed by atoms with van der Waals surface area (Å²) in [6.45, 7) is 0. The molecular weight excluding hydrogens is 347 g/mol. The molecule has 8 heteroatoms. The van der Waals surface area contributed by atoms with E-state index < -0.39 is 11.7 Å². The molecule has 3 rings (SSSR count). The smallest absolute Gasteiger partial charge is 0.393 e. The third kappa shape index (κ3) is 4.24. The van der Waals surface area contributed by atoms with E-state index in [0.29, 0.717) is 18.4 Å². The minimum atomic E-state index is -4.44. The van der Waals surface area contributed by atoms with Crippen LogP contribution in [-0.4, -0.2) is 26.9 Å². The van der Waals surface area contributed by atoms with Gasteiger partial charge in [-0.15, -0.1) is 0 Å². The van der Waals surface area contributed by atoms with Gasteiger partial charge in [-0.3, -0.25) is 9.48 Å². The molecule has 1 unspecified atom stereocenters. The summed E-state index contributed by atoms with van der Waals surface area (Å²) in [6.07, 6.45) is -0.366. The van der Waals surface area contributed by atoms with Gasteiger partial charge in [0.2, 0.25) is 5.91 Å². The van der Waals surface area contributed by atoms with Crippen molar-refractivity contribution in [2.24, 2.45) is 13.0 Å². The predicted octanol–water partition coefficient (Wildman–Crippen LogP) is 2.61. The van der Waals surface area contributed by atoms with Crippen LogP contribution in [-0.2, 0) is 24.4 Å². The van der Waals surface area contributed by atoms with Crippen LogP contribution in [0.5, 0.6) is 0 Å². The molecule has 0 aliphatic heterocycles. The number of alkyl halides is 3. The largest absolute Gasteiger partial charge is 0.416 e. The number of nitrogens with one attached hydrogen (secondary N) is 1. The predicted molar refractivity (Wildman–Crippen MR) is 88.0 cm³/mol. The lowest BCUT2D eigenvalue weighted by molar-refractivity contribution is -0.137. The number of benzene rings is 1. The van der Waals surface area contributed by atoms with Crippen molar-refractivity contribution >= 4 is 5.91 Å². The lowest BCUT2D eigenvalue weighted by Gasteiger charge is -2.37. The first-order valence-electron chi connectivity index (χ1n) is 8.34. The van der Waals surface area contributed by atoms with Crippen LogP contribution in [0.4, 0.5) is 13.2 Å². The molecule has 1 heterocycles.